The summed E-state index contributed by atoms with van der Waals surface area (Å²) in [5.74, 6) is 0. The van der Waals surface area contributed by atoms with Crippen LogP contribution in [0.2, 0.25) is 0 Å². The molecule has 1 rings (SSSR count). The molecule has 0 spiro atoms. The highest BCUT2D eigenvalue weighted by Gasteiger charge is 2.27. The van der Waals surface area contributed by atoms with Crippen molar-refractivity contribution < 1.29 is 13.6 Å². The van der Waals surface area contributed by atoms with Crippen LogP contribution in [0.5, 0.6) is 0 Å². The van der Waals surface area contributed by atoms with Crippen LogP contribution >= 0.6 is 9.24 Å². The minimum absolute atomic E-state index is 0.246. The minimum atomic E-state index is -2.72. The Morgan fingerprint density at radius 3 is 2.23 bits per heavy atom. The van der Waals surface area contributed by atoms with Crippen molar-refractivity contribution in [2.24, 2.45) is 0 Å². The second kappa shape index (κ2) is 4.29. The number of carbonyl (C=O) groups is 1. The molecule has 0 aromatic rings. The smallest absolute Gasteiger partial charge is 0.271 e. The Kier molecular flexibility index (Phi) is 3.56. The van der Waals surface area contributed by atoms with Crippen molar-refractivity contribution in [2.45, 2.75) is 5.66 Å². The number of halogens is 2. The highest BCUT2D eigenvalue weighted by Crippen LogP contribution is 2.23. The monoisotopic (exact) mass is 210 g/mol. The van der Waals surface area contributed by atoms with E-state index in [2.05, 4.69) is 0 Å². The van der Waals surface area contributed by atoms with Gasteiger partial charge in [-0.1, -0.05) is 9.24 Å². The van der Waals surface area contributed by atoms with Gasteiger partial charge in [0.05, 0.1) is 6.54 Å². The van der Waals surface area contributed by atoms with Crippen molar-refractivity contribution in [1.29, 1.82) is 0 Å². The molecule has 1 heterocycles. The largest absolute Gasteiger partial charge is 0.343 e. The Hall–Kier alpha value is -0.280. The normalized spacial score (nSPS) is 20.4. The van der Waals surface area contributed by atoms with E-state index in [-0.39, 0.29) is 6.54 Å². The third-order valence-corrected chi connectivity index (χ3v) is 2.17. The van der Waals surface area contributed by atoms with E-state index >= 15 is 0 Å². The average molecular weight is 210 g/mol. The maximum Gasteiger partial charge on any atom is 0.271 e. The lowest BCUT2D eigenvalue weighted by molar-refractivity contribution is -0.120. The number of rotatable bonds is 3. The Morgan fingerprint density at radius 1 is 1.31 bits per heavy atom. The topological polar surface area (TPSA) is 23.6 Å². The van der Waals surface area contributed by atoms with E-state index in [0.29, 0.717) is 26.2 Å². The quantitative estimate of drug-likeness (QED) is 0.491. The summed E-state index contributed by atoms with van der Waals surface area (Å²) in [4.78, 5) is 13.6. The number of hydrogen-bond donors (Lipinski definition) is 0. The summed E-state index contributed by atoms with van der Waals surface area (Å²) in [6, 6.07) is 0. The van der Waals surface area contributed by atoms with Gasteiger partial charge in [0.15, 0.2) is 0 Å². The van der Waals surface area contributed by atoms with E-state index in [9.17, 15) is 13.6 Å². The lowest BCUT2D eigenvalue weighted by Crippen LogP contribution is -2.48. The summed E-state index contributed by atoms with van der Waals surface area (Å²) >= 11 is 0. The molecule has 1 aliphatic heterocycles. The van der Waals surface area contributed by atoms with Gasteiger partial charge in [0.2, 0.25) is 6.41 Å². The molecule has 1 saturated heterocycles. The molecule has 6 heteroatoms. The van der Waals surface area contributed by atoms with Gasteiger partial charge in [0.25, 0.3) is 5.66 Å². The summed E-state index contributed by atoms with van der Waals surface area (Å²) in [6.45, 7) is 1.91. The standard InChI is InChI=1S/C7H13F2N2OP/c8-7(9,13)5-10-1-3-11(6-12)4-2-10/h6H,1-5,13H2. The number of hydrogen-bond acceptors (Lipinski definition) is 2. The van der Waals surface area contributed by atoms with E-state index in [1.807, 2.05) is 0 Å². The van der Waals surface area contributed by atoms with Gasteiger partial charge in [-0.15, -0.1) is 0 Å². The van der Waals surface area contributed by atoms with Crippen LogP contribution in [-0.4, -0.2) is 54.6 Å². The Labute approximate surface area is 78.3 Å². The number of nitrogens with zero attached hydrogens (tertiary/aromatic N) is 2. The van der Waals surface area contributed by atoms with Gasteiger partial charge in [-0.2, -0.15) is 0 Å². The summed E-state index contributed by atoms with van der Waals surface area (Å²) in [6.07, 6.45) is 0.760. The average Bonchev–Trinajstić information content (AvgIpc) is 2.03. The minimum Gasteiger partial charge on any atom is -0.343 e. The van der Waals surface area contributed by atoms with E-state index in [1.54, 1.807) is 9.80 Å². The van der Waals surface area contributed by atoms with Crippen LogP contribution in [-0.2, 0) is 4.79 Å². The van der Waals surface area contributed by atoms with Gasteiger partial charge in [0.1, 0.15) is 0 Å². The molecule has 0 aromatic carbocycles. The van der Waals surface area contributed by atoms with Crippen LogP contribution in [0.1, 0.15) is 0 Å². The second-order valence-electron chi connectivity index (χ2n) is 3.18. The maximum absolute atomic E-state index is 12.5. The second-order valence-corrected chi connectivity index (χ2v) is 4.02. The van der Waals surface area contributed by atoms with Crippen LogP contribution in [0, 0.1) is 0 Å². The number of amides is 1. The van der Waals surface area contributed by atoms with Crippen molar-refractivity contribution >= 4 is 15.6 Å². The number of piperazine rings is 1. The molecular weight excluding hydrogens is 197 g/mol. The van der Waals surface area contributed by atoms with Crippen LogP contribution in [0.4, 0.5) is 8.78 Å². The molecular formula is C7H13F2N2OP. The fourth-order valence-corrected chi connectivity index (χ4v) is 1.58. The predicted molar refractivity (Wildman–Crippen MR) is 48.7 cm³/mol. The van der Waals surface area contributed by atoms with Gasteiger partial charge < -0.3 is 4.90 Å². The van der Waals surface area contributed by atoms with E-state index in [0.717, 1.165) is 6.41 Å². The first kappa shape index (κ1) is 10.8. The molecule has 3 nitrogen and oxygen atoms in total. The van der Waals surface area contributed by atoms with Crippen LogP contribution < -0.4 is 0 Å². The first-order valence-electron chi connectivity index (χ1n) is 4.10. The van der Waals surface area contributed by atoms with Gasteiger partial charge in [-0.3, -0.25) is 9.69 Å². The molecule has 1 amide bonds. The molecule has 1 fully saturated rings. The number of carbonyl (C=O) groups excluding carboxylic acids is 1. The Balaban J connectivity index is 2.29. The zero-order valence-electron chi connectivity index (χ0n) is 7.25. The molecule has 76 valence electrons. The van der Waals surface area contributed by atoms with Crippen LogP contribution in [0.3, 0.4) is 0 Å². The molecule has 0 saturated carbocycles. The number of alkyl halides is 2. The van der Waals surface area contributed by atoms with Gasteiger partial charge >= 0.3 is 0 Å². The van der Waals surface area contributed by atoms with E-state index < -0.39 is 5.66 Å². The van der Waals surface area contributed by atoms with Crippen molar-refractivity contribution in [2.75, 3.05) is 32.7 Å². The van der Waals surface area contributed by atoms with Gasteiger partial charge in [-0.05, 0) is 0 Å². The molecule has 13 heavy (non-hydrogen) atoms. The lowest BCUT2D eigenvalue weighted by Gasteiger charge is -2.33. The fraction of sp³-hybridized carbons (Fsp3) is 0.857. The molecule has 0 bridgehead atoms. The van der Waals surface area contributed by atoms with Crippen molar-refractivity contribution in [3.63, 3.8) is 0 Å². The third kappa shape index (κ3) is 3.96. The highest BCUT2D eigenvalue weighted by molar-refractivity contribution is 7.18. The van der Waals surface area contributed by atoms with E-state index in [1.165, 1.54) is 9.24 Å². The predicted octanol–water partition coefficient (Wildman–Crippen LogP) is 0.228. The van der Waals surface area contributed by atoms with Crippen LogP contribution in [0.15, 0.2) is 0 Å². The summed E-state index contributed by atoms with van der Waals surface area (Å²) in [5, 5.41) is 0. The van der Waals surface area contributed by atoms with Gasteiger partial charge in [-0.25, -0.2) is 8.78 Å². The molecule has 0 aromatic heterocycles. The summed E-state index contributed by atoms with van der Waals surface area (Å²) in [7, 11) is 1.53. The molecule has 1 aliphatic rings. The third-order valence-electron chi connectivity index (χ3n) is 1.99. The fourth-order valence-electron chi connectivity index (χ4n) is 1.32. The molecule has 0 radical (unpaired) electrons. The molecule has 0 aliphatic carbocycles. The zero-order chi connectivity index (χ0) is 9.90. The highest BCUT2D eigenvalue weighted by atomic mass is 31.0. The van der Waals surface area contributed by atoms with Crippen LogP contribution in [0.25, 0.3) is 0 Å². The summed E-state index contributed by atoms with van der Waals surface area (Å²) in [5.41, 5.74) is -2.72. The molecule has 0 N–H and O–H groups in total. The maximum atomic E-state index is 12.5. The Bertz CT molecular complexity index is 178. The van der Waals surface area contributed by atoms with E-state index in [4.69, 9.17) is 0 Å². The van der Waals surface area contributed by atoms with Gasteiger partial charge in [0, 0.05) is 26.2 Å². The van der Waals surface area contributed by atoms with Crippen molar-refractivity contribution in [1.82, 2.24) is 9.80 Å². The molecule has 1 atom stereocenters. The first-order valence-corrected chi connectivity index (χ1v) is 4.67. The zero-order valence-corrected chi connectivity index (χ0v) is 8.40. The lowest BCUT2D eigenvalue weighted by atomic mass is 10.3. The van der Waals surface area contributed by atoms with Crippen molar-refractivity contribution in [3.05, 3.63) is 0 Å². The summed E-state index contributed by atoms with van der Waals surface area (Å²) < 4.78 is 25.0. The van der Waals surface area contributed by atoms with Crippen molar-refractivity contribution in [3.8, 4) is 0 Å². The Morgan fingerprint density at radius 2 is 1.85 bits per heavy atom. The first-order chi connectivity index (χ1) is 6.01. The molecule has 1 unspecified atom stereocenters. The SMILES string of the molecule is O=CN1CCN(CC(F)(F)P)CC1.